The second-order valence-corrected chi connectivity index (χ2v) is 6.06. The SMILES string of the molecule is C[C@@H]1CN(C(=O)c2ccc3c(Cl)cc(Cl)nc3c2)CCN1. The van der Waals surface area contributed by atoms with Crippen LogP contribution in [0.25, 0.3) is 10.9 Å². The number of benzene rings is 1. The van der Waals surface area contributed by atoms with Crippen LogP contribution >= 0.6 is 23.2 Å². The van der Waals surface area contributed by atoms with Crippen LogP contribution in [0.2, 0.25) is 10.2 Å². The van der Waals surface area contributed by atoms with E-state index >= 15 is 0 Å². The highest BCUT2D eigenvalue weighted by atomic mass is 35.5. The van der Waals surface area contributed by atoms with Gasteiger partial charge in [-0.1, -0.05) is 29.3 Å². The van der Waals surface area contributed by atoms with Crippen molar-refractivity contribution in [3.8, 4) is 0 Å². The standard InChI is InChI=1S/C15H15Cl2N3O/c1-9-8-20(5-4-18-9)15(21)10-2-3-11-12(16)7-14(17)19-13(11)6-10/h2-3,6-7,9,18H,4-5,8H2,1H3/t9-/m1/s1. The Balaban J connectivity index is 1.95. The molecule has 1 N–H and O–H groups in total. The Hall–Kier alpha value is -1.36. The number of pyridine rings is 1. The number of nitrogens with zero attached hydrogens (tertiary/aromatic N) is 2. The number of nitrogens with one attached hydrogen (secondary N) is 1. The first-order chi connectivity index (χ1) is 10.0. The van der Waals surface area contributed by atoms with E-state index in [1.807, 2.05) is 11.0 Å². The van der Waals surface area contributed by atoms with Crippen molar-refractivity contribution in [3.05, 3.63) is 40.0 Å². The van der Waals surface area contributed by atoms with Gasteiger partial charge >= 0.3 is 0 Å². The second-order valence-electron chi connectivity index (χ2n) is 5.27. The maximum absolute atomic E-state index is 12.6. The largest absolute Gasteiger partial charge is 0.336 e. The maximum atomic E-state index is 12.6. The normalized spacial score (nSPS) is 19.0. The third-order valence-corrected chi connectivity index (χ3v) is 4.14. The molecule has 0 unspecified atom stereocenters. The van der Waals surface area contributed by atoms with Gasteiger partial charge < -0.3 is 10.2 Å². The molecular weight excluding hydrogens is 309 g/mol. The average Bonchev–Trinajstić information content (AvgIpc) is 2.45. The first-order valence-electron chi connectivity index (χ1n) is 6.83. The Bertz CT molecular complexity index is 705. The van der Waals surface area contributed by atoms with Crippen LogP contribution in [0.5, 0.6) is 0 Å². The molecule has 1 fully saturated rings. The van der Waals surface area contributed by atoms with Gasteiger partial charge in [0.15, 0.2) is 0 Å². The molecule has 0 spiro atoms. The van der Waals surface area contributed by atoms with Crippen LogP contribution in [0.4, 0.5) is 0 Å². The summed E-state index contributed by atoms with van der Waals surface area (Å²) < 4.78 is 0. The highest BCUT2D eigenvalue weighted by molar-refractivity contribution is 6.37. The molecule has 21 heavy (non-hydrogen) atoms. The molecule has 0 aliphatic carbocycles. The lowest BCUT2D eigenvalue weighted by atomic mass is 10.1. The number of carbonyl (C=O) groups excluding carboxylic acids is 1. The number of rotatable bonds is 1. The van der Waals surface area contributed by atoms with Crippen LogP contribution in [-0.4, -0.2) is 41.5 Å². The molecule has 6 heteroatoms. The number of aromatic nitrogens is 1. The van der Waals surface area contributed by atoms with Gasteiger partial charge in [-0.2, -0.15) is 0 Å². The molecule has 1 aromatic heterocycles. The first-order valence-corrected chi connectivity index (χ1v) is 7.58. The van der Waals surface area contributed by atoms with Crippen molar-refractivity contribution >= 4 is 40.0 Å². The fraction of sp³-hybridized carbons (Fsp3) is 0.333. The van der Waals surface area contributed by atoms with Crippen molar-refractivity contribution < 1.29 is 4.79 Å². The van der Waals surface area contributed by atoms with Crippen LogP contribution in [0.15, 0.2) is 24.3 Å². The minimum Gasteiger partial charge on any atom is -0.336 e. The van der Waals surface area contributed by atoms with E-state index in [0.29, 0.717) is 40.4 Å². The Morgan fingerprint density at radius 3 is 2.95 bits per heavy atom. The minimum atomic E-state index is 0.0168. The van der Waals surface area contributed by atoms with E-state index in [4.69, 9.17) is 23.2 Å². The zero-order chi connectivity index (χ0) is 15.0. The van der Waals surface area contributed by atoms with Gasteiger partial charge in [0.1, 0.15) is 5.15 Å². The number of amides is 1. The minimum absolute atomic E-state index is 0.0168. The molecule has 110 valence electrons. The molecule has 1 saturated heterocycles. The molecule has 1 atom stereocenters. The molecule has 3 rings (SSSR count). The summed E-state index contributed by atoms with van der Waals surface area (Å²) in [6, 6.07) is 7.27. The van der Waals surface area contributed by atoms with Gasteiger partial charge in [0.2, 0.25) is 0 Å². The topological polar surface area (TPSA) is 45.2 Å². The number of piperazine rings is 1. The average molecular weight is 324 g/mol. The first kappa shape index (κ1) is 14.6. The fourth-order valence-corrected chi connectivity index (χ4v) is 3.11. The van der Waals surface area contributed by atoms with Crippen LogP contribution in [0.3, 0.4) is 0 Å². The summed E-state index contributed by atoms with van der Waals surface area (Å²) in [6.45, 7) is 4.31. The van der Waals surface area contributed by atoms with Gasteiger partial charge in [-0.15, -0.1) is 0 Å². The lowest BCUT2D eigenvalue weighted by molar-refractivity contribution is 0.0709. The Morgan fingerprint density at radius 2 is 2.19 bits per heavy atom. The van der Waals surface area contributed by atoms with Gasteiger partial charge in [-0.25, -0.2) is 4.98 Å². The quantitative estimate of drug-likeness (QED) is 0.820. The van der Waals surface area contributed by atoms with E-state index in [0.717, 1.165) is 11.9 Å². The zero-order valence-electron chi connectivity index (χ0n) is 11.6. The third-order valence-electron chi connectivity index (χ3n) is 3.63. The number of hydrogen-bond acceptors (Lipinski definition) is 3. The van der Waals surface area contributed by atoms with Crippen LogP contribution in [0, 0.1) is 0 Å². The molecule has 4 nitrogen and oxygen atoms in total. The highest BCUT2D eigenvalue weighted by Crippen LogP contribution is 2.26. The molecule has 1 aliphatic rings. The summed E-state index contributed by atoms with van der Waals surface area (Å²) >= 11 is 12.1. The monoisotopic (exact) mass is 323 g/mol. The summed E-state index contributed by atoms with van der Waals surface area (Å²) in [4.78, 5) is 18.7. The van der Waals surface area contributed by atoms with Crippen molar-refractivity contribution in [1.82, 2.24) is 15.2 Å². The molecule has 1 amide bonds. The summed E-state index contributed by atoms with van der Waals surface area (Å²) in [5.41, 5.74) is 1.25. The van der Waals surface area contributed by atoms with Crippen molar-refractivity contribution in [2.45, 2.75) is 13.0 Å². The molecule has 0 bridgehead atoms. The maximum Gasteiger partial charge on any atom is 0.254 e. The lowest BCUT2D eigenvalue weighted by Crippen LogP contribution is -2.51. The van der Waals surface area contributed by atoms with Crippen LogP contribution in [-0.2, 0) is 0 Å². The van der Waals surface area contributed by atoms with Crippen LogP contribution in [0.1, 0.15) is 17.3 Å². The smallest absolute Gasteiger partial charge is 0.254 e. The third kappa shape index (κ3) is 2.98. The predicted octanol–water partition coefficient (Wildman–Crippen LogP) is 2.98. The predicted molar refractivity (Wildman–Crippen MR) is 85.1 cm³/mol. The molecule has 2 heterocycles. The van der Waals surface area contributed by atoms with Crippen molar-refractivity contribution in [2.24, 2.45) is 0 Å². The summed E-state index contributed by atoms with van der Waals surface area (Å²) in [5, 5.41) is 4.99. The van der Waals surface area contributed by atoms with E-state index in [1.54, 1.807) is 18.2 Å². The summed E-state index contributed by atoms with van der Waals surface area (Å²) in [7, 11) is 0. The molecule has 0 radical (unpaired) electrons. The Morgan fingerprint density at radius 1 is 1.38 bits per heavy atom. The van der Waals surface area contributed by atoms with Gasteiger partial charge in [0.05, 0.1) is 10.5 Å². The van der Waals surface area contributed by atoms with E-state index in [2.05, 4.69) is 17.2 Å². The van der Waals surface area contributed by atoms with E-state index in [1.165, 1.54) is 0 Å². The van der Waals surface area contributed by atoms with Gasteiger partial charge in [-0.3, -0.25) is 4.79 Å². The summed E-state index contributed by atoms with van der Waals surface area (Å²) in [5.74, 6) is 0.0168. The van der Waals surface area contributed by atoms with Gasteiger partial charge in [0, 0.05) is 36.6 Å². The number of fused-ring (bicyclic) bond motifs is 1. The number of halogens is 2. The van der Waals surface area contributed by atoms with Crippen molar-refractivity contribution in [2.75, 3.05) is 19.6 Å². The Labute approximate surface area is 133 Å². The molecule has 2 aromatic rings. The van der Waals surface area contributed by atoms with Crippen molar-refractivity contribution in [1.29, 1.82) is 0 Å². The Kier molecular flexibility index (Phi) is 4.02. The molecule has 0 saturated carbocycles. The summed E-state index contributed by atoms with van der Waals surface area (Å²) in [6.07, 6.45) is 0. The van der Waals surface area contributed by atoms with E-state index < -0.39 is 0 Å². The molecule has 1 aliphatic heterocycles. The molecule has 1 aromatic carbocycles. The number of hydrogen-bond donors (Lipinski definition) is 1. The lowest BCUT2D eigenvalue weighted by Gasteiger charge is -2.32. The number of carbonyl (C=O) groups is 1. The fourth-order valence-electron chi connectivity index (χ4n) is 2.59. The van der Waals surface area contributed by atoms with Crippen LogP contribution < -0.4 is 5.32 Å². The molecular formula is C15H15Cl2N3O. The zero-order valence-corrected chi connectivity index (χ0v) is 13.1. The van der Waals surface area contributed by atoms with E-state index in [-0.39, 0.29) is 5.91 Å². The van der Waals surface area contributed by atoms with E-state index in [9.17, 15) is 4.79 Å². The second kappa shape index (κ2) is 5.79. The highest BCUT2D eigenvalue weighted by Gasteiger charge is 2.22. The van der Waals surface area contributed by atoms with Gasteiger partial charge in [-0.05, 0) is 25.1 Å². The van der Waals surface area contributed by atoms with Crippen molar-refractivity contribution in [3.63, 3.8) is 0 Å². The van der Waals surface area contributed by atoms with Gasteiger partial charge in [0.25, 0.3) is 5.91 Å².